The fourth-order valence-corrected chi connectivity index (χ4v) is 3.86. The van der Waals surface area contributed by atoms with Crippen molar-refractivity contribution in [2.24, 2.45) is 0 Å². The molecule has 3 aromatic carbocycles. The van der Waals surface area contributed by atoms with Crippen molar-refractivity contribution in [3.8, 4) is 11.3 Å². The van der Waals surface area contributed by atoms with Crippen molar-refractivity contribution >= 4 is 22.4 Å². The molecule has 0 aliphatic rings. The van der Waals surface area contributed by atoms with Gasteiger partial charge in [0.1, 0.15) is 22.5 Å². The lowest BCUT2D eigenvalue weighted by Crippen LogP contribution is -1.98. The number of nitrogens with zero attached hydrogens (tertiary/aromatic N) is 1. The second kappa shape index (κ2) is 9.11. The topological polar surface area (TPSA) is 12.9 Å². The molecule has 0 bridgehead atoms. The molecule has 31 heavy (non-hydrogen) atoms. The van der Waals surface area contributed by atoms with Gasteiger partial charge in [0, 0.05) is 17.1 Å². The third-order valence-electron chi connectivity index (χ3n) is 5.42. The summed E-state index contributed by atoms with van der Waals surface area (Å²) >= 11 is 5.52. The number of fused-ring (bicyclic) bond motifs is 1. The van der Waals surface area contributed by atoms with Crippen LogP contribution in [0.1, 0.15) is 30.0 Å². The molecule has 0 saturated carbocycles. The summed E-state index contributed by atoms with van der Waals surface area (Å²) in [7, 11) is 0. The lowest BCUT2D eigenvalue weighted by atomic mass is 9.98. The quantitative estimate of drug-likeness (QED) is 0.280. The zero-order valence-corrected chi connectivity index (χ0v) is 17.8. The van der Waals surface area contributed by atoms with Crippen molar-refractivity contribution in [2.75, 3.05) is 0 Å². The lowest BCUT2D eigenvalue weighted by Gasteiger charge is -2.10. The predicted molar refractivity (Wildman–Crippen MR) is 120 cm³/mol. The zero-order chi connectivity index (χ0) is 22.0. The highest BCUT2D eigenvalue weighted by Crippen LogP contribution is 2.28. The van der Waals surface area contributed by atoms with Gasteiger partial charge in [0.15, 0.2) is 0 Å². The number of hydrogen-bond acceptors (Lipinski definition) is 1. The van der Waals surface area contributed by atoms with Crippen molar-refractivity contribution in [1.82, 2.24) is 4.98 Å². The van der Waals surface area contributed by atoms with Gasteiger partial charge < -0.3 is 0 Å². The van der Waals surface area contributed by atoms with E-state index in [0.717, 1.165) is 29.5 Å². The first-order valence-corrected chi connectivity index (χ1v) is 10.6. The SMILES string of the molecule is CCCc1ccc(-c2ccc3c(F)c(CCc4cc(F)c(Cl)c(F)c4)ccc3c2)nc1. The molecule has 0 N–H and O–H groups in total. The summed E-state index contributed by atoms with van der Waals surface area (Å²) in [4.78, 5) is 4.53. The Morgan fingerprint density at radius 2 is 1.58 bits per heavy atom. The first-order chi connectivity index (χ1) is 15.0. The summed E-state index contributed by atoms with van der Waals surface area (Å²) in [5.41, 5.74) is 3.90. The summed E-state index contributed by atoms with van der Waals surface area (Å²) in [6, 6.07) is 15.6. The van der Waals surface area contributed by atoms with Gasteiger partial charge >= 0.3 is 0 Å². The third-order valence-corrected chi connectivity index (χ3v) is 5.78. The van der Waals surface area contributed by atoms with Crippen molar-refractivity contribution < 1.29 is 13.2 Å². The number of pyridine rings is 1. The minimum atomic E-state index is -0.806. The minimum Gasteiger partial charge on any atom is -0.256 e. The van der Waals surface area contributed by atoms with Crippen LogP contribution in [0.15, 0.2) is 60.8 Å². The summed E-state index contributed by atoms with van der Waals surface area (Å²) in [5.74, 6) is -1.93. The first kappa shape index (κ1) is 21.4. The highest BCUT2D eigenvalue weighted by atomic mass is 35.5. The van der Waals surface area contributed by atoms with Crippen LogP contribution in [0, 0.1) is 17.5 Å². The van der Waals surface area contributed by atoms with Crippen LogP contribution in [0.25, 0.3) is 22.0 Å². The van der Waals surface area contributed by atoms with Crippen LogP contribution in [0.4, 0.5) is 13.2 Å². The standard InChI is InChI=1S/C26H21ClF3N/c1-2-3-16-5-11-24(31-15-16)20-9-10-21-19(14-20)8-7-18(26(21)30)6-4-17-12-22(28)25(27)23(29)13-17/h5,7-15H,2-4,6H2,1H3. The Balaban J connectivity index is 1.57. The van der Waals surface area contributed by atoms with Gasteiger partial charge in [0.2, 0.25) is 0 Å². The van der Waals surface area contributed by atoms with Crippen LogP contribution in [0.3, 0.4) is 0 Å². The van der Waals surface area contributed by atoms with Gasteiger partial charge in [-0.15, -0.1) is 0 Å². The molecule has 0 atom stereocenters. The largest absolute Gasteiger partial charge is 0.256 e. The van der Waals surface area contributed by atoms with Gasteiger partial charge in [0.25, 0.3) is 0 Å². The van der Waals surface area contributed by atoms with E-state index >= 15 is 4.39 Å². The number of halogens is 4. The van der Waals surface area contributed by atoms with Crippen molar-refractivity contribution in [2.45, 2.75) is 32.6 Å². The first-order valence-electron chi connectivity index (χ1n) is 10.3. The molecule has 1 heterocycles. The molecule has 158 valence electrons. The van der Waals surface area contributed by atoms with Crippen molar-refractivity contribution in [3.05, 3.63) is 100.0 Å². The molecule has 0 radical (unpaired) electrons. The Morgan fingerprint density at radius 1 is 0.806 bits per heavy atom. The summed E-state index contributed by atoms with van der Waals surface area (Å²) in [5, 5.41) is 0.769. The fourth-order valence-electron chi connectivity index (χ4n) is 3.75. The highest BCUT2D eigenvalue weighted by Gasteiger charge is 2.12. The number of rotatable bonds is 6. The van der Waals surface area contributed by atoms with Gasteiger partial charge in [-0.05, 0) is 65.6 Å². The third kappa shape index (κ3) is 4.59. The average molecular weight is 440 g/mol. The molecule has 0 amide bonds. The molecule has 0 spiro atoms. The van der Waals surface area contributed by atoms with Gasteiger partial charge in [-0.3, -0.25) is 4.98 Å². The van der Waals surface area contributed by atoms with Crippen LogP contribution in [-0.2, 0) is 19.3 Å². The number of aromatic nitrogens is 1. The smallest absolute Gasteiger partial charge is 0.145 e. The van der Waals surface area contributed by atoms with Crippen LogP contribution in [0.5, 0.6) is 0 Å². The van der Waals surface area contributed by atoms with Crippen LogP contribution in [0.2, 0.25) is 5.02 Å². The fraction of sp³-hybridized carbons (Fsp3) is 0.192. The molecule has 0 aliphatic heterocycles. The number of hydrogen-bond donors (Lipinski definition) is 0. The molecular weight excluding hydrogens is 419 g/mol. The lowest BCUT2D eigenvalue weighted by molar-refractivity contribution is 0.579. The Morgan fingerprint density at radius 3 is 2.26 bits per heavy atom. The van der Waals surface area contributed by atoms with E-state index in [1.54, 1.807) is 12.1 Å². The van der Waals surface area contributed by atoms with Gasteiger partial charge in [0.05, 0.1) is 5.69 Å². The molecule has 5 heteroatoms. The van der Waals surface area contributed by atoms with E-state index in [1.165, 1.54) is 17.7 Å². The monoisotopic (exact) mass is 439 g/mol. The molecule has 1 aromatic heterocycles. The minimum absolute atomic E-state index is 0.305. The Kier molecular flexibility index (Phi) is 6.28. The Hall–Kier alpha value is -2.85. The summed E-state index contributed by atoms with van der Waals surface area (Å²) in [6.07, 6.45) is 4.58. The molecule has 4 rings (SSSR count). The Labute approximate surface area is 184 Å². The zero-order valence-electron chi connectivity index (χ0n) is 17.1. The van der Waals surface area contributed by atoms with Crippen LogP contribution >= 0.6 is 11.6 Å². The van der Waals surface area contributed by atoms with Crippen LogP contribution < -0.4 is 0 Å². The summed E-state index contributed by atoms with van der Waals surface area (Å²) < 4.78 is 42.4. The molecule has 0 aliphatic carbocycles. The molecule has 4 aromatic rings. The molecule has 1 nitrogen and oxygen atoms in total. The molecular formula is C26H21ClF3N. The normalized spacial score (nSPS) is 11.3. The van der Waals surface area contributed by atoms with Gasteiger partial charge in [-0.25, -0.2) is 13.2 Å². The predicted octanol–water partition coefficient (Wildman–Crippen LogP) is 7.71. The van der Waals surface area contributed by atoms with Crippen LogP contribution in [-0.4, -0.2) is 4.98 Å². The van der Waals surface area contributed by atoms with E-state index in [4.69, 9.17) is 11.6 Å². The molecule has 0 unspecified atom stereocenters. The second-order valence-electron chi connectivity index (χ2n) is 7.65. The second-order valence-corrected chi connectivity index (χ2v) is 8.03. The average Bonchev–Trinajstić information content (AvgIpc) is 2.77. The van der Waals surface area contributed by atoms with Crippen molar-refractivity contribution in [1.29, 1.82) is 0 Å². The molecule has 0 saturated heterocycles. The van der Waals surface area contributed by atoms with E-state index in [2.05, 4.69) is 18.0 Å². The van der Waals surface area contributed by atoms with E-state index in [0.29, 0.717) is 29.4 Å². The molecule has 0 fully saturated rings. The highest BCUT2D eigenvalue weighted by molar-refractivity contribution is 6.30. The van der Waals surface area contributed by atoms with E-state index in [1.807, 2.05) is 30.5 Å². The van der Waals surface area contributed by atoms with Crippen molar-refractivity contribution in [3.63, 3.8) is 0 Å². The number of benzene rings is 3. The summed E-state index contributed by atoms with van der Waals surface area (Å²) in [6.45, 7) is 2.13. The number of aryl methyl sites for hydroxylation is 3. The van der Waals surface area contributed by atoms with E-state index in [-0.39, 0.29) is 5.82 Å². The van der Waals surface area contributed by atoms with E-state index in [9.17, 15) is 8.78 Å². The maximum Gasteiger partial charge on any atom is 0.145 e. The van der Waals surface area contributed by atoms with Gasteiger partial charge in [-0.2, -0.15) is 0 Å². The maximum absolute atomic E-state index is 15.1. The van der Waals surface area contributed by atoms with E-state index < -0.39 is 16.7 Å². The Bertz CT molecular complexity index is 1210. The van der Waals surface area contributed by atoms with Gasteiger partial charge in [-0.1, -0.05) is 55.3 Å². The maximum atomic E-state index is 15.1.